The molecule has 1 aromatic carbocycles. The third-order valence-electron chi connectivity index (χ3n) is 3.13. The predicted molar refractivity (Wildman–Crippen MR) is 63.4 cm³/mol. The average molecular weight is 239 g/mol. The molecule has 0 bridgehead atoms. The van der Waals surface area contributed by atoms with Crippen LogP contribution in [0.25, 0.3) is 0 Å². The van der Waals surface area contributed by atoms with Crippen LogP contribution >= 0.6 is 0 Å². The van der Waals surface area contributed by atoms with Gasteiger partial charge in [0.05, 0.1) is 0 Å². The SMILES string of the molecule is NC(COc1ccc(F)cc1)C1CCOCC1. The second-order valence-corrected chi connectivity index (χ2v) is 4.38. The van der Waals surface area contributed by atoms with Crippen LogP contribution in [0.2, 0.25) is 0 Å². The highest BCUT2D eigenvalue weighted by atomic mass is 19.1. The Labute approximate surface area is 101 Å². The maximum atomic E-state index is 12.7. The van der Waals surface area contributed by atoms with Crippen LogP contribution in [0.5, 0.6) is 5.75 Å². The van der Waals surface area contributed by atoms with Gasteiger partial charge in [0.25, 0.3) is 0 Å². The van der Waals surface area contributed by atoms with E-state index in [1.165, 1.54) is 12.1 Å². The molecule has 94 valence electrons. The molecular weight excluding hydrogens is 221 g/mol. The molecular formula is C13H18FNO2. The van der Waals surface area contributed by atoms with Gasteiger partial charge in [-0.2, -0.15) is 0 Å². The zero-order valence-corrected chi connectivity index (χ0v) is 9.77. The molecule has 1 aliphatic rings. The molecule has 4 heteroatoms. The van der Waals surface area contributed by atoms with E-state index in [0.717, 1.165) is 26.1 Å². The predicted octanol–water partition coefficient (Wildman–Crippen LogP) is 1.96. The van der Waals surface area contributed by atoms with Crippen molar-refractivity contribution in [1.29, 1.82) is 0 Å². The molecule has 1 heterocycles. The van der Waals surface area contributed by atoms with Crippen molar-refractivity contribution >= 4 is 0 Å². The number of hydrogen-bond acceptors (Lipinski definition) is 3. The van der Waals surface area contributed by atoms with Crippen molar-refractivity contribution < 1.29 is 13.9 Å². The van der Waals surface area contributed by atoms with Crippen LogP contribution in [0.3, 0.4) is 0 Å². The van der Waals surface area contributed by atoms with Crippen molar-refractivity contribution in [1.82, 2.24) is 0 Å². The second-order valence-electron chi connectivity index (χ2n) is 4.38. The van der Waals surface area contributed by atoms with Gasteiger partial charge in [-0.05, 0) is 43.0 Å². The highest BCUT2D eigenvalue weighted by Crippen LogP contribution is 2.19. The molecule has 17 heavy (non-hydrogen) atoms. The highest BCUT2D eigenvalue weighted by Gasteiger charge is 2.21. The normalized spacial score (nSPS) is 18.9. The van der Waals surface area contributed by atoms with Crippen molar-refractivity contribution in [2.45, 2.75) is 18.9 Å². The van der Waals surface area contributed by atoms with E-state index in [-0.39, 0.29) is 11.9 Å². The minimum absolute atomic E-state index is 0.0175. The van der Waals surface area contributed by atoms with Gasteiger partial charge in [0.2, 0.25) is 0 Å². The highest BCUT2D eigenvalue weighted by molar-refractivity contribution is 5.22. The van der Waals surface area contributed by atoms with Crippen molar-refractivity contribution in [2.75, 3.05) is 19.8 Å². The number of benzene rings is 1. The van der Waals surface area contributed by atoms with Crippen LogP contribution in [-0.4, -0.2) is 25.9 Å². The lowest BCUT2D eigenvalue weighted by molar-refractivity contribution is 0.0521. The van der Waals surface area contributed by atoms with Gasteiger partial charge in [-0.25, -0.2) is 4.39 Å². The number of hydrogen-bond donors (Lipinski definition) is 1. The molecule has 3 nitrogen and oxygen atoms in total. The largest absolute Gasteiger partial charge is 0.492 e. The molecule has 1 atom stereocenters. The van der Waals surface area contributed by atoms with Crippen molar-refractivity contribution in [3.63, 3.8) is 0 Å². The fourth-order valence-corrected chi connectivity index (χ4v) is 2.00. The monoisotopic (exact) mass is 239 g/mol. The molecule has 1 aliphatic heterocycles. The quantitative estimate of drug-likeness (QED) is 0.873. The maximum absolute atomic E-state index is 12.7. The van der Waals surface area contributed by atoms with Crippen LogP contribution < -0.4 is 10.5 Å². The minimum atomic E-state index is -0.258. The van der Waals surface area contributed by atoms with Gasteiger partial charge in [0, 0.05) is 19.3 Å². The van der Waals surface area contributed by atoms with E-state index >= 15 is 0 Å². The zero-order valence-electron chi connectivity index (χ0n) is 9.77. The molecule has 0 radical (unpaired) electrons. The maximum Gasteiger partial charge on any atom is 0.123 e. The minimum Gasteiger partial charge on any atom is -0.492 e. The summed E-state index contributed by atoms with van der Waals surface area (Å²) in [5.41, 5.74) is 6.07. The molecule has 0 saturated carbocycles. The lowest BCUT2D eigenvalue weighted by atomic mass is 9.93. The summed E-state index contributed by atoms with van der Waals surface area (Å²) in [5, 5.41) is 0. The van der Waals surface area contributed by atoms with Crippen molar-refractivity contribution in [2.24, 2.45) is 11.7 Å². The second kappa shape index (κ2) is 5.98. The molecule has 1 unspecified atom stereocenters. The van der Waals surface area contributed by atoms with E-state index in [1.54, 1.807) is 12.1 Å². The Balaban J connectivity index is 1.78. The Morgan fingerprint density at radius 2 is 1.94 bits per heavy atom. The molecule has 1 saturated heterocycles. The number of rotatable bonds is 4. The van der Waals surface area contributed by atoms with Crippen molar-refractivity contribution in [3.05, 3.63) is 30.1 Å². The molecule has 1 fully saturated rings. The van der Waals surface area contributed by atoms with Crippen LogP contribution in [-0.2, 0) is 4.74 Å². The summed E-state index contributed by atoms with van der Waals surface area (Å²) in [6.45, 7) is 2.04. The fraction of sp³-hybridized carbons (Fsp3) is 0.538. The third-order valence-corrected chi connectivity index (χ3v) is 3.13. The standard InChI is InChI=1S/C13H18FNO2/c14-11-1-3-12(4-2-11)17-9-13(15)10-5-7-16-8-6-10/h1-4,10,13H,5-9,15H2. The van der Waals surface area contributed by atoms with Crippen LogP contribution in [0.15, 0.2) is 24.3 Å². The molecule has 0 amide bonds. The Kier molecular flexibility index (Phi) is 4.34. The summed E-state index contributed by atoms with van der Waals surface area (Å²) in [7, 11) is 0. The van der Waals surface area contributed by atoms with Crippen LogP contribution in [0.4, 0.5) is 4.39 Å². The Hall–Kier alpha value is -1.13. The topological polar surface area (TPSA) is 44.5 Å². The van der Waals surface area contributed by atoms with E-state index in [9.17, 15) is 4.39 Å². The lowest BCUT2D eigenvalue weighted by Gasteiger charge is -2.27. The molecule has 0 aromatic heterocycles. The van der Waals surface area contributed by atoms with Gasteiger partial charge in [0.1, 0.15) is 18.2 Å². The summed E-state index contributed by atoms with van der Waals surface area (Å²) >= 11 is 0. The van der Waals surface area contributed by atoms with E-state index in [2.05, 4.69) is 0 Å². The summed E-state index contributed by atoms with van der Waals surface area (Å²) in [5.74, 6) is 0.865. The lowest BCUT2D eigenvalue weighted by Crippen LogP contribution is -2.38. The summed E-state index contributed by atoms with van der Waals surface area (Å²) in [6, 6.07) is 6.02. The van der Waals surface area contributed by atoms with E-state index in [0.29, 0.717) is 18.3 Å². The molecule has 0 spiro atoms. The van der Waals surface area contributed by atoms with E-state index < -0.39 is 0 Å². The molecule has 2 rings (SSSR count). The first-order chi connectivity index (χ1) is 8.25. The van der Waals surface area contributed by atoms with E-state index in [1.807, 2.05) is 0 Å². The first-order valence-corrected chi connectivity index (χ1v) is 5.97. The van der Waals surface area contributed by atoms with Gasteiger partial charge in [-0.3, -0.25) is 0 Å². The molecule has 0 aliphatic carbocycles. The zero-order chi connectivity index (χ0) is 12.1. The summed E-state index contributed by atoms with van der Waals surface area (Å²) in [6.07, 6.45) is 1.99. The van der Waals surface area contributed by atoms with Gasteiger partial charge >= 0.3 is 0 Å². The van der Waals surface area contributed by atoms with Gasteiger partial charge in [0.15, 0.2) is 0 Å². The fourth-order valence-electron chi connectivity index (χ4n) is 2.00. The van der Waals surface area contributed by atoms with Crippen molar-refractivity contribution in [3.8, 4) is 5.75 Å². The molecule has 1 aromatic rings. The summed E-state index contributed by atoms with van der Waals surface area (Å²) in [4.78, 5) is 0. The number of nitrogens with two attached hydrogens (primary N) is 1. The average Bonchev–Trinajstić information content (AvgIpc) is 2.39. The number of ether oxygens (including phenoxy) is 2. The smallest absolute Gasteiger partial charge is 0.123 e. The third kappa shape index (κ3) is 3.68. The first kappa shape index (κ1) is 12.3. The molecule has 2 N–H and O–H groups in total. The van der Waals surface area contributed by atoms with E-state index in [4.69, 9.17) is 15.2 Å². The van der Waals surface area contributed by atoms with Gasteiger partial charge in [-0.1, -0.05) is 0 Å². The van der Waals surface area contributed by atoms with Crippen LogP contribution in [0.1, 0.15) is 12.8 Å². The van der Waals surface area contributed by atoms with Gasteiger partial charge < -0.3 is 15.2 Å². The number of halogens is 1. The first-order valence-electron chi connectivity index (χ1n) is 5.97. The Bertz CT molecular complexity index is 336. The van der Waals surface area contributed by atoms with Crippen LogP contribution in [0, 0.1) is 11.7 Å². The Morgan fingerprint density at radius 3 is 2.59 bits per heavy atom. The summed E-state index contributed by atoms with van der Waals surface area (Å²) < 4.78 is 23.5. The van der Waals surface area contributed by atoms with Gasteiger partial charge in [-0.15, -0.1) is 0 Å². The Morgan fingerprint density at radius 1 is 1.29 bits per heavy atom.